The zero-order chi connectivity index (χ0) is 14.5. The van der Waals surface area contributed by atoms with Gasteiger partial charge in [-0.1, -0.05) is 33.6 Å². The van der Waals surface area contributed by atoms with E-state index in [-0.39, 0.29) is 35.1 Å². The van der Waals surface area contributed by atoms with Crippen molar-refractivity contribution in [2.24, 2.45) is 23.2 Å². The van der Waals surface area contributed by atoms with E-state index in [0.717, 1.165) is 6.54 Å². The van der Waals surface area contributed by atoms with Gasteiger partial charge in [0.1, 0.15) is 0 Å². The first-order valence-electron chi connectivity index (χ1n) is 8.07. The molecule has 2 saturated carbocycles. The quantitative estimate of drug-likeness (QED) is 0.780. The number of imide groups is 1. The van der Waals surface area contributed by atoms with Crippen molar-refractivity contribution in [3.63, 3.8) is 0 Å². The molecule has 0 bridgehead atoms. The first kappa shape index (κ1) is 14.1. The van der Waals surface area contributed by atoms with Crippen LogP contribution in [0.2, 0.25) is 0 Å². The third-order valence-corrected chi connectivity index (χ3v) is 5.71. The van der Waals surface area contributed by atoms with Gasteiger partial charge >= 0.3 is 0 Å². The van der Waals surface area contributed by atoms with E-state index in [9.17, 15) is 9.59 Å². The second-order valence-electron chi connectivity index (χ2n) is 7.27. The molecule has 20 heavy (non-hydrogen) atoms. The molecule has 1 N–H and O–H groups in total. The molecule has 0 aromatic rings. The van der Waals surface area contributed by atoms with E-state index in [4.69, 9.17) is 0 Å². The fraction of sp³-hybridized carbons (Fsp3) is 0.875. The van der Waals surface area contributed by atoms with Gasteiger partial charge < -0.3 is 5.32 Å². The van der Waals surface area contributed by atoms with Crippen LogP contribution in [0.3, 0.4) is 0 Å². The zero-order valence-electron chi connectivity index (χ0n) is 12.8. The molecule has 3 atom stereocenters. The highest BCUT2D eigenvalue weighted by Gasteiger charge is 2.72. The van der Waals surface area contributed by atoms with Gasteiger partial charge in [-0.25, -0.2) is 0 Å². The Labute approximate surface area is 121 Å². The van der Waals surface area contributed by atoms with Crippen LogP contribution in [0.5, 0.6) is 0 Å². The van der Waals surface area contributed by atoms with Crippen molar-refractivity contribution in [3.8, 4) is 0 Å². The summed E-state index contributed by atoms with van der Waals surface area (Å²) in [4.78, 5) is 26.4. The number of carbonyl (C=O) groups is 2. The number of nitrogens with one attached hydrogen (secondary N) is 1. The maximum absolute atomic E-state index is 12.4. The number of likely N-dealkylation sites (N-methyl/N-ethyl adjacent to an activating group) is 1. The van der Waals surface area contributed by atoms with Crippen molar-refractivity contribution in [1.29, 1.82) is 0 Å². The molecular weight excluding hydrogens is 252 g/mol. The summed E-state index contributed by atoms with van der Waals surface area (Å²) < 4.78 is 0. The van der Waals surface area contributed by atoms with Crippen LogP contribution >= 0.6 is 0 Å². The van der Waals surface area contributed by atoms with Crippen LogP contribution in [-0.4, -0.2) is 35.8 Å². The van der Waals surface area contributed by atoms with Crippen LogP contribution in [-0.2, 0) is 9.59 Å². The topological polar surface area (TPSA) is 49.4 Å². The Hall–Kier alpha value is -0.900. The number of carbonyl (C=O) groups excluding carboxylic acids is 2. The molecule has 2 amide bonds. The lowest BCUT2D eigenvalue weighted by Gasteiger charge is -2.30. The van der Waals surface area contributed by atoms with Gasteiger partial charge in [-0.3, -0.25) is 14.5 Å². The van der Waals surface area contributed by atoms with E-state index in [1.807, 2.05) is 13.8 Å². The maximum Gasteiger partial charge on any atom is 0.233 e. The third kappa shape index (κ3) is 2.00. The van der Waals surface area contributed by atoms with Crippen LogP contribution in [0, 0.1) is 23.2 Å². The molecule has 0 radical (unpaired) electrons. The van der Waals surface area contributed by atoms with Crippen molar-refractivity contribution in [3.05, 3.63) is 0 Å². The number of piperidine rings is 1. The van der Waals surface area contributed by atoms with Crippen LogP contribution in [0.25, 0.3) is 0 Å². The van der Waals surface area contributed by atoms with Crippen LogP contribution in [0.4, 0.5) is 0 Å². The van der Waals surface area contributed by atoms with E-state index >= 15 is 0 Å². The van der Waals surface area contributed by atoms with Crippen molar-refractivity contribution in [1.82, 2.24) is 10.2 Å². The Balaban J connectivity index is 1.67. The summed E-state index contributed by atoms with van der Waals surface area (Å²) in [5.41, 5.74) is -0.0916. The molecule has 0 aromatic carbocycles. The summed E-state index contributed by atoms with van der Waals surface area (Å²) in [5, 5.41) is 3.50. The van der Waals surface area contributed by atoms with Crippen LogP contribution in [0.15, 0.2) is 0 Å². The summed E-state index contributed by atoms with van der Waals surface area (Å²) in [6, 6.07) is 0.288. The molecule has 1 aliphatic heterocycles. The molecule has 4 nitrogen and oxygen atoms in total. The first-order valence-corrected chi connectivity index (χ1v) is 8.07. The number of likely N-dealkylation sites (tertiary alicyclic amines) is 1. The van der Waals surface area contributed by atoms with Crippen LogP contribution < -0.4 is 5.32 Å². The number of amides is 2. The van der Waals surface area contributed by atoms with Crippen LogP contribution in [0.1, 0.15) is 46.5 Å². The van der Waals surface area contributed by atoms with Crippen molar-refractivity contribution in [2.75, 3.05) is 13.1 Å². The van der Waals surface area contributed by atoms with E-state index in [1.54, 1.807) is 4.90 Å². The maximum atomic E-state index is 12.4. The summed E-state index contributed by atoms with van der Waals surface area (Å²) in [5.74, 6) is 0.694. The molecule has 0 spiro atoms. The van der Waals surface area contributed by atoms with Gasteiger partial charge in [0.25, 0.3) is 0 Å². The smallest absolute Gasteiger partial charge is 0.233 e. The molecule has 1 saturated heterocycles. The van der Waals surface area contributed by atoms with Gasteiger partial charge in [-0.15, -0.1) is 0 Å². The Morgan fingerprint density at radius 2 is 1.75 bits per heavy atom. The van der Waals surface area contributed by atoms with Crippen molar-refractivity contribution < 1.29 is 9.59 Å². The van der Waals surface area contributed by atoms with Gasteiger partial charge in [0, 0.05) is 12.6 Å². The normalized spacial score (nSPS) is 33.6. The van der Waals surface area contributed by atoms with Gasteiger partial charge in [-0.05, 0) is 30.7 Å². The molecule has 2 aliphatic carbocycles. The number of nitrogens with zero attached hydrogens (tertiary/aromatic N) is 1. The number of hydrogen-bond donors (Lipinski definition) is 1. The predicted molar refractivity (Wildman–Crippen MR) is 76.9 cm³/mol. The van der Waals surface area contributed by atoms with Gasteiger partial charge in [-0.2, -0.15) is 0 Å². The Morgan fingerprint density at radius 3 is 2.25 bits per heavy atom. The van der Waals surface area contributed by atoms with Gasteiger partial charge in [0.05, 0.1) is 11.8 Å². The van der Waals surface area contributed by atoms with E-state index in [0.29, 0.717) is 12.5 Å². The number of rotatable bonds is 5. The van der Waals surface area contributed by atoms with Gasteiger partial charge in [0.15, 0.2) is 0 Å². The monoisotopic (exact) mass is 278 g/mol. The zero-order valence-corrected chi connectivity index (χ0v) is 12.8. The largest absolute Gasteiger partial charge is 0.312 e. The SMILES string of the molecule is CCNC(CN1C(=O)C2C(C1=O)C2(C)C)C1CCCC1. The Bertz CT molecular complexity index is 402. The third-order valence-electron chi connectivity index (χ3n) is 5.71. The van der Waals surface area contributed by atoms with Gasteiger partial charge in [0.2, 0.25) is 11.8 Å². The second kappa shape index (κ2) is 4.83. The van der Waals surface area contributed by atoms with E-state index < -0.39 is 0 Å². The molecule has 3 fully saturated rings. The summed E-state index contributed by atoms with van der Waals surface area (Å²) in [6.45, 7) is 7.65. The standard InChI is InChI=1S/C16H26N2O2/c1-4-17-11(10-7-5-6-8-10)9-18-14(19)12-13(15(18)20)16(12,2)3/h10-13,17H,4-9H2,1-3H3. The highest BCUT2D eigenvalue weighted by atomic mass is 16.2. The average molecular weight is 278 g/mol. The van der Waals surface area contributed by atoms with E-state index in [1.165, 1.54) is 25.7 Å². The lowest BCUT2D eigenvalue weighted by atomic mass is 9.96. The fourth-order valence-corrected chi connectivity index (χ4v) is 4.38. The summed E-state index contributed by atoms with van der Waals surface area (Å²) in [7, 11) is 0. The van der Waals surface area contributed by atoms with E-state index in [2.05, 4.69) is 12.2 Å². The highest BCUT2D eigenvalue weighted by molar-refractivity contribution is 6.10. The Kier molecular flexibility index (Phi) is 3.39. The minimum absolute atomic E-state index is 0.0409. The minimum atomic E-state index is -0.0916. The highest BCUT2D eigenvalue weighted by Crippen LogP contribution is 2.63. The molecule has 112 valence electrons. The molecular formula is C16H26N2O2. The second-order valence-corrected chi connectivity index (χ2v) is 7.27. The summed E-state index contributed by atoms with van der Waals surface area (Å²) >= 11 is 0. The number of fused-ring (bicyclic) bond motifs is 1. The minimum Gasteiger partial charge on any atom is -0.312 e. The number of hydrogen-bond acceptors (Lipinski definition) is 3. The molecule has 3 rings (SSSR count). The lowest BCUT2D eigenvalue weighted by molar-refractivity contribution is -0.143. The molecule has 3 aliphatic rings. The van der Waals surface area contributed by atoms with Crippen molar-refractivity contribution >= 4 is 11.8 Å². The van der Waals surface area contributed by atoms with Crippen molar-refractivity contribution in [2.45, 2.75) is 52.5 Å². The molecule has 0 aromatic heterocycles. The molecule has 1 heterocycles. The molecule has 4 heteroatoms. The molecule has 3 unspecified atom stereocenters. The Morgan fingerprint density at radius 1 is 1.20 bits per heavy atom. The first-order chi connectivity index (χ1) is 9.48. The predicted octanol–water partition coefficient (Wildman–Crippen LogP) is 1.80. The average Bonchev–Trinajstić information content (AvgIpc) is 2.76. The lowest BCUT2D eigenvalue weighted by Crippen LogP contribution is -2.48. The fourth-order valence-electron chi connectivity index (χ4n) is 4.38. The summed E-state index contributed by atoms with van der Waals surface area (Å²) in [6.07, 6.45) is 5.03.